The van der Waals surface area contributed by atoms with Crippen LogP contribution in [0.1, 0.15) is 37.7 Å². The molecule has 0 radical (unpaired) electrons. The molecule has 1 N–H and O–H groups in total. The van der Waals surface area contributed by atoms with Gasteiger partial charge in [0.25, 0.3) is 0 Å². The van der Waals surface area contributed by atoms with Crippen molar-refractivity contribution in [1.82, 2.24) is 15.2 Å². The first-order chi connectivity index (χ1) is 9.72. The predicted octanol–water partition coefficient (Wildman–Crippen LogP) is 2.03. The zero-order chi connectivity index (χ0) is 14.4. The lowest BCUT2D eigenvalue weighted by molar-refractivity contribution is -0.133. The Morgan fingerprint density at radius 3 is 2.85 bits per heavy atom. The van der Waals surface area contributed by atoms with Gasteiger partial charge in [-0.15, -0.1) is 0 Å². The molecule has 2 heterocycles. The van der Waals surface area contributed by atoms with Crippen molar-refractivity contribution >= 4 is 5.91 Å². The molecular formula is C16H25N3O. The Balaban J connectivity index is 1.85. The average Bonchev–Trinajstić information content (AvgIpc) is 2.53. The van der Waals surface area contributed by atoms with E-state index in [4.69, 9.17) is 0 Å². The van der Waals surface area contributed by atoms with E-state index >= 15 is 0 Å². The monoisotopic (exact) mass is 275 g/mol. The Bertz CT molecular complexity index is 413. The van der Waals surface area contributed by atoms with Gasteiger partial charge in [0.1, 0.15) is 0 Å². The number of hydrogen-bond donors (Lipinski definition) is 1. The van der Waals surface area contributed by atoms with Gasteiger partial charge in [-0.3, -0.25) is 9.78 Å². The van der Waals surface area contributed by atoms with Gasteiger partial charge in [-0.2, -0.15) is 0 Å². The van der Waals surface area contributed by atoms with Crippen LogP contribution in [0.2, 0.25) is 0 Å². The molecule has 1 amide bonds. The highest BCUT2D eigenvalue weighted by molar-refractivity contribution is 5.83. The SMILES string of the molecule is CNCCC1CCN(C(=O)C(C)c2cccnc2)CC1. The van der Waals surface area contributed by atoms with Crippen LogP contribution in [-0.2, 0) is 4.79 Å². The molecule has 1 aliphatic heterocycles. The number of nitrogens with zero attached hydrogens (tertiary/aromatic N) is 2. The first kappa shape index (κ1) is 15.0. The van der Waals surface area contributed by atoms with E-state index in [0.717, 1.165) is 44.0 Å². The molecule has 1 aromatic rings. The molecule has 2 rings (SSSR count). The number of carbonyl (C=O) groups excluding carboxylic acids is 1. The molecule has 0 saturated carbocycles. The molecule has 0 aromatic carbocycles. The van der Waals surface area contributed by atoms with E-state index in [0.29, 0.717) is 0 Å². The molecule has 0 bridgehead atoms. The van der Waals surface area contributed by atoms with Crippen LogP contribution < -0.4 is 5.32 Å². The van der Waals surface area contributed by atoms with Crippen LogP contribution in [0.15, 0.2) is 24.5 Å². The van der Waals surface area contributed by atoms with Gasteiger partial charge < -0.3 is 10.2 Å². The van der Waals surface area contributed by atoms with E-state index in [1.165, 1.54) is 6.42 Å². The zero-order valence-corrected chi connectivity index (χ0v) is 12.5. The Hall–Kier alpha value is -1.42. The second-order valence-electron chi connectivity index (χ2n) is 5.67. The fraction of sp³-hybridized carbons (Fsp3) is 0.625. The van der Waals surface area contributed by atoms with Gasteiger partial charge in [0.15, 0.2) is 0 Å². The van der Waals surface area contributed by atoms with Gasteiger partial charge in [-0.1, -0.05) is 6.07 Å². The van der Waals surface area contributed by atoms with Crippen LogP contribution in [0.25, 0.3) is 0 Å². The molecule has 0 aliphatic carbocycles. The van der Waals surface area contributed by atoms with Crippen molar-refractivity contribution in [1.29, 1.82) is 0 Å². The standard InChI is InChI=1S/C16H25N3O/c1-13(15-4-3-8-18-12-15)16(20)19-10-6-14(7-11-19)5-9-17-2/h3-4,8,12-14,17H,5-7,9-11H2,1-2H3. The number of pyridine rings is 1. The maximum absolute atomic E-state index is 12.5. The number of likely N-dealkylation sites (tertiary alicyclic amines) is 1. The first-order valence-electron chi connectivity index (χ1n) is 7.55. The van der Waals surface area contributed by atoms with Gasteiger partial charge in [-0.25, -0.2) is 0 Å². The molecular weight excluding hydrogens is 250 g/mol. The second kappa shape index (κ2) is 7.39. The Morgan fingerprint density at radius 1 is 1.50 bits per heavy atom. The summed E-state index contributed by atoms with van der Waals surface area (Å²) in [6.07, 6.45) is 7.02. The lowest BCUT2D eigenvalue weighted by atomic mass is 9.92. The van der Waals surface area contributed by atoms with Crippen LogP contribution in [0.4, 0.5) is 0 Å². The predicted molar refractivity (Wildman–Crippen MR) is 80.5 cm³/mol. The molecule has 4 nitrogen and oxygen atoms in total. The molecule has 1 saturated heterocycles. The van der Waals surface area contributed by atoms with Gasteiger partial charge in [-0.05, 0) is 57.3 Å². The van der Waals surface area contributed by atoms with Crippen LogP contribution >= 0.6 is 0 Å². The van der Waals surface area contributed by atoms with E-state index in [2.05, 4.69) is 10.3 Å². The Labute approximate surface area is 121 Å². The summed E-state index contributed by atoms with van der Waals surface area (Å²) in [4.78, 5) is 18.6. The number of carbonyl (C=O) groups is 1. The van der Waals surface area contributed by atoms with E-state index in [-0.39, 0.29) is 11.8 Å². The maximum atomic E-state index is 12.5. The maximum Gasteiger partial charge on any atom is 0.229 e. The molecule has 1 atom stereocenters. The largest absolute Gasteiger partial charge is 0.342 e. The van der Waals surface area contributed by atoms with Crippen molar-refractivity contribution in [3.63, 3.8) is 0 Å². The Morgan fingerprint density at radius 2 is 2.25 bits per heavy atom. The third-order valence-corrected chi connectivity index (χ3v) is 4.28. The van der Waals surface area contributed by atoms with Crippen molar-refractivity contribution in [3.8, 4) is 0 Å². The molecule has 1 aromatic heterocycles. The summed E-state index contributed by atoms with van der Waals surface area (Å²) < 4.78 is 0. The van der Waals surface area contributed by atoms with Crippen molar-refractivity contribution in [2.45, 2.75) is 32.1 Å². The molecule has 20 heavy (non-hydrogen) atoms. The lowest BCUT2D eigenvalue weighted by Crippen LogP contribution is -2.41. The average molecular weight is 275 g/mol. The molecule has 110 valence electrons. The highest BCUT2D eigenvalue weighted by Gasteiger charge is 2.26. The molecule has 0 spiro atoms. The molecule has 1 unspecified atom stereocenters. The van der Waals surface area contributed by atoms with Crippen LogP contribution in [0.5, 0.6) is 0 Å². The van der Waals surface area contributed by atoms with Crippen molar-refractivity contribution in [2.75, 3.05) is 26.7 Å². The van der Waals surface area contributed by atoms with Crippen molar-refractivity contribution < 1.29 is 4.79 Å². The van der Waals surface area contributed by atoms with Crippen LogP contribution in [0.3, 0.4) is 0 Å². The minimum absolute atomic E-state index is 0.0856. The fourth-order valence-electron chi connectivity index (χ4n) is 2.84. The summed E-state index contributed by atoms with van der Waals surface area (Å²) in [6.45, 7) is 4.85. The van der Waals surface area contributed by atoms with E-state index in [1.54, 1.807) is 12.4 Å². The molecule has 1 fully saturated rings. The minimum Gasteiger partial charge on any atom is -0.342 e. The minimum atomic E-state index is -0.0856. The third kappa shape index (κ3) is 3.79. The number of piperidine rings is 1. The van der Waals surface area contributed by atoms with Crippen molar-refractivity contribution in [3.05, 3.63) is 30.1 Å². The highest BCUT2D eigenvalue weighted by atomic mass is 16.2. The van der Waals surface area contributed by atoms with E-state index < -0.39 is 0 Å². The topological polar surface area (TPSA) is 45.2 Å². The van der Waals surface area contributed by atoms with E-state index in [1.807, 2.05) is 31.0 Å². The van der Waals surface area contributed by atoms with Gasteiger partial charge >= 0.3 is 0 Å². The number of rotatable bonds is 5. The lowest BCUT2D eigenvalue weighted by Gasteiger charge is -2.33. The third-order valence-electron chi connectivity index (χ3n) is 4.28. The van der Waals surface area contributed by atoms with E-state index in [9.17, 15) is 4.79 Å². The highest BCUT2D eigenvalue weighted by Crippen LogP contribution is 2.24. The summed E-state index contributed by atoms with van der Waals surface area (Å²) in [6, 6.07) is 3.87. The Kier molecular flexibility index (Phi) is 5.53. The first-order valence-corrected chi connectivity index (χ1v) is 7.55. The van der Waals surface area contributed by atoms with Crippen molar-refractivity contribution in [2.24, 2.45) is 5.92 Å². The number of nitrogens with one attached hydrogen (secondary N) is 1. The number of amides is 1. The van der Waals surface area contributed by atoms with Crippen LogP contribution in [-0.4, -0.2) is 42.5 Å². The summed E-state index contributed by atoms with van der Waals surface area (Å²) >= 11 is 0. The smallest absolute Gasteiger partial charge is 0.229 e. The number of aromatic nitrogens is 1. The van der Waals surface area contributed by atoms with Crippen LogP contribution in [0, 0.1) is 5.92 Å². The molecule has 1 aliphatic rings. The second-order valence-corrected chi connectivity index (χ2v) is 5.67. The zero-order valence-electron chi connectivity index (χ0n) is 12.5. The summed E-state index contributed by atoms with van der Waals surface area (Å²) in [5.41, 5.74) is 1.01. The summed E-state index contributed by atoms with van der Waals surface area (Å²) in [5, 5.41) is 3.20. The summed E-state index contributed by atoms with van der Waals surface area (Å²) in [7, 11) is 1.99. The summed E-state index contributed by atoms with van der Waals surface area (Å²) in [5.74, 6) is 0.919. The van der Waals surface area contributed by atoms with Gasteiger partial charge in [0, 0.05) is 25.5 Å². The fourth-order valence-corrected chi connectivity index (χ4v) is 2.84. The van der Waals surface area contributed by atoms with Gasteiger partial charge in [0.2, 0.25) is 5.91 Å². The molecule has 4 heteroatoms. The normalized spacial score (nSPS) is 18.0. The quantitative estimate of drug-likeness (QED) is 0.894. The van der Waals surface area contributed by atoms with Gasteiger partial charge in [0.05, 0.1) is 5.92 Å². The number of hydrogen-bond acceptors (Lipinski definition) is 3.